The Bertz CT molecular complexity index is 896. The Morgan fingerprint density at radius 2 is 2.07 bits per heavy atom. The first-order valence-corrected chi connectivity index (χ1v) is 10.9. The van der Waals surface area contributed by atoms with Crippen LogP contribution in [0.5, 0.6) is 0 Å². The van der Waals surface area contributed by atoms with Gasteiger partial charge in [0.15, 0.2) is 21.6 Å². The van der Waals surface area contributed by atoms with E-state index in [-0.39, 0.29) is 41.5 Å². The van der Waals surface area contributed by atoms with Gasteiger partial charge in [0.05, 0.1) is 11.5 Å². The summed E-state index contributed by atoms with van der Waals surface area (Å²) in [5.41, 5.74) is 2.07. The van der Waals surface area contributed by atoms with Crippen LogP contribution in [0.2, 0.25) is 0 Å². The number of aromatic nitrogens is 2. The molecular weight excluding hydrogens is 493 g/mol. The Labute approximate surface area is 182 Å². The molecule has 0 spiro atoms. The van der Waals surface area contributed by atoms with E-state index >= 15 is 0 Å². The van der Waals surface area contributed by atoms with Crippen LogP contribution in [0.1, 0.15) is 24.7 Å². The molecule has 10 heteroatoms. The van der Waals surface area contributed by atoms with Gasteiger partial charge in [-0.1, -0.05) is 24.2 Å². The van der Waals surface area contributed by atoms with Crippen LogP contribution in [0.15, 0.2) is 33.8 Å². The predicted octanol–water partition coefficient (Wildman–Crippen LogP) is 1.81. The lowest BCUT2D eigenvalue weighted by Crippen LogP contribution is -2.44. The molecule has 1 saturated heterocycles. The van der Waals surface area contributed by atoms with Crippen LogP contribution in [0, 0.1) is 0 Å². The quantitative estimate of drug-likeness (QED) is 0.341. The maximum Gasteiger partial charge on any atom is 0.257 e. The molecular formula is C18H26IN5O3S. The average molecular weight is 519 g/mol. The Hall–Kier alpha value is -1.69. The summed E-state index contributed by atoms with van der Waals surface area (Å²) in [5, 5.41) is 10.3. The summed E-state index contributed by atoms with van der Waals surface area (Å²) in [6, 6.07) is 7.94. The average Bonchev–Trinajstić information content (AvgIpc) is 3.27. The van der Waals surface area contributed by atoms with Crippen LogP contribution in [0.25, 0.3) is 11.5 Å². The zero-order chi connectivity index (χ0) is 19.3. The number of benzene rings is 1. The lowest BCUT2D eigenvalue weighted by molar-refractivity contribution is 0.423. The molecule has 1 aromatic carbocycles. The lowest BCUT2D eigenvalue weighted by atomic mass is 10.1. The highest BCUT2D eigenvalue weighted by Gasteiger charge is 2.28. The van der Waals surface area contributed by atoms with Crippen molar-refractivity contribution in [1.82, 2.24) is 20.8 Å². The second-order valence-electron chi connectivity index (χ2n) is 6.56. The molecule has 1 aliphatic heterocycles. The third-order valence-corrected chi connectivity index (χ3v) is 6.26. The molecule has 0 saturated carbocycles. The van der Waals surface area contributed by atoms with E-state index in [4.69, 9.17) is 4.52 Å². The minimum absolute atomic E-state index is 0. The molecule has 0 amide bonds. The van der Waals surface area contributed by atoms with Gasteiger partial charge in [0.25, 0.3) is 5.89 Å². The summed E-state index contributed by atoms with van der Waals surface area (Å²) in [6.07, 6.45) is 2.18. The Morgan fingerprint density at radius 1 is 1.32 bits per heavy atom. The van der Waals surface area contributed by atoms with Crippen LogP contribution in [-0.4, -0.2) is 55.7 Å². The molecule has 3 rings (SSSR count). The normalized spacial score (nSPS) is 18.5. The Balaban J connectivity index is 0.00000280. The van der Waals surface area contributed by atoms with E-state index in [0.29, 0.717) is 30.6 Å². The van der Waals surface area contributed by atoms with E-state index in [2.05, 4.69) is 25.8 Å². The smallest absolute Gasteiger partial charge is 0.257 e. The SMILES string of the molecule is CCc1noc(-c2ccc(CCNC(=NC)NC3CCS(=O)(=O)C3)cc2)n1.I. The second kappa shape index (κ2) is 10.2. The van der Waals surface area contributed by atoms with Gasteiger partial charge in [-0.2, -0.15) is 4.98 Å². The molecule has 1 fully saturated rings. The van der Waals surface area contributed by atoms with Crippen molar-refractivity contribution in [2.45, 2.75) is 32.2 Å². The number of hydrogen-bond acceptors (Lipinski definition) is 6. The molecule has 1 unspecified atom stereocenters. The van der Waals surface area contributed by atoms with Crippen molar-refractivity contribution >= 4 is 39.8 Å². The minimum Gasteiger partial charge on any atom is -0.356 e. The number of sulfone groups is 1. The largest absolute Gasteiger partial charge is 0.356 e. The molecule has 8 nitrogen and oxygen atoms in total. The first-order chi connectivity index (χ1) is 13.0. The molecule has 2 aromatic rings. The first-order valence-electron chi connectivity index (χ1n) is 9.08. The molecule has 2 heterocycles. The van der Waals surface area contributed by atoms with Crippen LogP contribution in [-0.2, 0) is 22.7 Å². The summed E-state index contributed by atoms with van der Waals surface area (Å²) in [7, 11) is -1.22. The lowest BCUT2D eigenvalue weighted by Gasteiger charge is -2.16. The summed E-state index contributed by atoms with van der Waals surface area (Å²) in [6.45, 7) is 2.68. The van der Waals surface area contributed by atoms with Crippen molar-refractivity contribution in [3.8, 4) is 11.5 Å². The molecule has 28 heavy (non-hydrogen) atoms. The number of aryl methyl sites for hydroxylation is 1. The highest BCUT2D eigenvalue weighted by atomic mass is 127. The molecule has 0 radical (unpaired) electrons. The number of nitrogens with zero attached hydrogens (tertiary/aromatic N) is 3. The van der Waals surface area contributed by atoms with Crippen LogP contribution in [0.3, 0.4) is 0 Å². The van der Waals surface area contributed by atoms with Crippen molar-refractivity contribution in [3.63, 3.8) is 0 Å². The van der Waals surface area contributed by atoms with Crippen LogP contribution in [0.4, 0.5) is 0 Å². The van der Waals surface area contributed by atoms with Gasteiger partial charge in [-0.25, -0.2) is 8.42 Å². The van der Waals surface area contributed by atoms with E-state index in [0.717, 1.165) is 18.4 Å². The Kier molecular flexibility index (Phi) is 8.23. The third-order valence-electron chi connectivity index (χ3n) is 4.49. The predicted molar refractivity (Wildman–Crippen MR) is 120 cm³/mol. The van der Waals surface area contributed by atoms with E-state index in [1.54, 1.807) is 7.05 Å². The number of hydrogen-bond donors (Lipinski definition) is 2. The molecule has 1 aliphatic rings. The van der Waals surface area contributed by atoms with Crippen molar-refractivity contribution in [2.24, 2.45) is 4.99 Å². The van der Waals surface area contributed by atoms with Gasteiger partial charge in [0.2, 0.25) is 0 Å². The molecule has 154 valence electrons. The standard InChI is InChI=1S/C18H25N5O3S.HI/c1-3-16-22-17(26-23-16)14-6-4-13(5-7-14)8-10-20-18(19-2)21-15-9-11-27(24,25)12-15;/h4-7,15H,3,8-12H2,1-2H3,(H2,19,20,21);1H. The zero-order valence-corrected chi connectivity index (χ0v) is 19.2. The fraction of sp³-hybridized carbons (Fsp3) is 0.500. The van der Waals surface area contributed by atoms with Crippen molar-refractivity contribution in [1.29, 1.82) is 0 Å². The monoisotopic (exact) mass is 519 g/mol. The second-order valence-corrected chi connectivity index (χ2v) is 8.79. The summed E-state index contributed by atoms with van der Waals surface area (Å²) >= 11 is 0. The highest BCUT2D eigenvalue weighted by Crippen LogP contribution is 2.18. The van der Waals surface area contributed by atoms with Crippen molar-refractivity contribution in [3.05, 3.63) is 35.7 Å². The van der Waals surface area contributed by atoms with Crippen LogP contribution >= 0.6 is 24.0 Å². The highest BCUT2D eigenvalue weighted by molar-refractivity contribution is 14.0. The topological polar surface area (TPSA) is 109 Å². The van der Waals surface area contributed by atoms with E-state index < -0.39 is 9.84 Å². The van der Waals surface area contributed by atoms with Gasteiger partial charge in [-0.15, -0.1) is 24.0 Å². The molecule has 0 aliphatic carbocycles. The van der Waals surface area contributed by atoms with Gasteiger partial charge >= 0.3 is 0 Å². The van der Waals surface area contributed by atoms with Crippen molar-refractivity contribution in [2.75, 3.05) is 25.1 Å². The molecule has 0 bridgehead atoms. The Morgan fingerprint density at radius 3 is 2.64 bits per heavy atom. The number of nitrogens with one attached hydrogen (secondary N) is 2. The zero-order valence-electron chi connectivity index (χ0n) is 16.0. The van der Waals surface area contributed by atoms with Gasteiger partial charge in [-0.05, 0) is 30.5 Å². The summed E-state index contributed by atoms with van der Waals surface area (Å²) in [4.78, 5) is 8.49. The first kappa shape index (κ1) is 22.6. The number of guanidine groups is 1. The summed E-state index contributed by atoms with van der Waals surface area (Å²) < 4.78 is 28.3. The molecule has 1 aromatic heterocycles. The van der Waals surface area contributed by atoms with E-state index in [9.17, 15) is 8.42 Å². The van der Waals surface area contributed by atoms with Gasteiger partial charge < -0.3 is 15.2 Å². The molecule has 2 N–H and O–H groups in total. The number of aliphatic imine (C=N–C) groups is 1. The van der Waals surface area contributed by atoms with Gasteiger partial charge in [0.1, 0.15) is 0 Å². The fourth-order valence-corrected chi connectivity index (χ4v) is 4.62. The summed E-state index contributed by atoms with van der Waals surface area (Å²) in [5.74, 6) is 2.28. The maximum absolute atomic E-state index is 11.5. The van der Waals surface area contributed by atoms with E-state index in [1.165, 1.54) is 5.56 Å². The maximum atomic E-state index is 11.5. The third kappa shape index (κ3) is 6.16. The van der Waals surface area contributed by atoms with E-state index in [1.807, 2.05) is 31.2 Å². The van der Waals surface area contributed by atoms with Gasteiger partial charge in [0, 0.05) is 31.6 Å². The van der Waals surface area contributed by atoms with Crippen molar-refractivity contribution < 1.29 is 12.9 Å². The molecule has 1 atom stereocenters. The number of rotatable bonds is 6. The fourth-order valence-electron chi connectivity index (χ4n) is 2.95. The number of halogens is 1. The minimum atomic E-state index is -2.90. The van der Waals surface area contributed by atoms with Crippen LogP contribution < -0.4 is 10.6 Å². The van der Waals surface area contributed by atoms with Gasteiger partial charge in [-0.3, -0.25) is 4.99 Å².